The molecule has 1 heterocycles. The molecule has 4 nitrogen and oxygen atoms in total. The zero-order valence-electron chi connectivity index (χ0n) is 11.0. The average molecular weight is 357 g/mol. The molecule has 0 spiro atoms. The second-order valence-electron chi connectivity index (χ2n) is 4.50. The molecule has 20 heavy (non-hydrogen) atoms. The van der Waals surface area contributed by atoms with Gasteiger partial charge in [-0.2, -0.15) is 0 Å². The number of Topliss-reactive ketones (excluding diaryl/α,β-unsaturated/α-hetero) is 1. The molecule has 0 amide bonds. The summed E-state index contributed by atoms with van der Waals surface area (Å²) in [5.74, 6) is -0.811. The Morgan fingerprint density at radius 3 is 2.75 bits per heavy atom. The largest absolute Gasteiger partial charge is 0.507 e. The van der Waals surface area contributed by atoms with E-state index < -0.39 is 5.92 Å². The molecule has 106 valence electrons. The maximum Gasteiger partial charge on any atom is 0.308 e. The van der Waals surface area contributed by atoms with Crippen LogP contribution >= 0.6 is 27.3 Å². The minimum atomic E-state index is -0.460. The van der Waals surface area contributed by atoms with Crippen LogP contribution in [0, 0.1) is 5.92 Å². The van der Waals surface area contributed by atoms with Crippen molar-refractivity contribution in [3.8, 4) is 5.75 Å². The maximum absolute atomic E-state index is 12.1. The third kappa shape index (κ3) is 3.02. The maximum atomic E-state index is 12.1. The summed E-state index contributed by atoms with van der Waals surface area (Å²) in [6.45, 7) is 1.67. The fourth-order valence-electron chi connectivity index (χ4n) is 1.85. The molecule has 1 aromatic carbocycles. The van der Waals surface area contributed by atoms with Crippen molar-refractivity contribution in [2.45, 2.75) is 13.3 Å². The van der Waals surface area contributed by atoms with E-state index in [0.717, 1.165) is 10.1 Å². The summed E-state index contributed by atoms with van der Waals surface area (Å²) in [6, 6.07) is 5.12. The van der Waals surface area contributed by atoms with Crippen LogP contribution in [0.5, 0.6) is 5.75 Å². The highest BCUT2D eigenvalue weighted by molar-refractivity contribution is 9.10. The van der Waals surface area contributed by atoms with Crippen LogP contribution in [0.25, 0.3) is 10.1 Å². The minimum Gasteiger partial charge on any atom is -0.507 e. The smallest absolute Gasteiger partial charge is 0.308 e. The van der Waals surface area contributed by atoms with E-state index in [1.165, 1.54) is 18.4 Å². The Labute approximate surface area is 128 Å². The number of ether oxygens (including phenoxy) is 1. The molecule has 0 radical (unpaired) electrons. The van der Waals surface area contributed by atoms with Gasteiger partial charge in [-0.05, 0) is 39.5 Å². The quantitative estimate of drug-likeness (QED) is 0.669. The van der Waals surface area contributed by atoms with E-state index in [0.29, 0.717) is 9.35 Å². The number of carbonyl (C=O) groups excluding carboxylic acids is 2. The Kier molecular flexibility index (Phi) is 4.45. The summed E-state index contributed by atoms with van der Waals surface area (Å²) in [6.07, 6.45) is 0.118. The zero-order valence-corrected chi connectivity index (χ0v) is 13.4. The molecule has 0 saturated heterocycles. The van der Waals surface area contributed by atoms with Gasteiger partial charge in [-0.1, -0.05) is 6.92 Å². The van der Waals surface area contributed by atoms with E-state index in [4.69, 9.17) is 0 Å². The first-order valence-electron chi connectivity index (χ1n) is 5.95. The van der Waals surface area contributed by atoms with Crippen LogP contribution < -0.4 is 0 Å². The molecule has 0 aliphatic heterocycles. The van der Waals surface area contributed by atoms with Crippen LogP contribution in [0.2, 0.25) is 0 Å². The molecule has 2 rings (SSSR count). The fraction of sp³-hybridized carbons (Fsp3) is 0.286. The predicted molar refractivity (Wildman–Crippen MR) is 81.3 cm³/mol. The number of carbonyl (C=O) groups is 2. The highest BCUT2D eigenvalue weighted by Crippen LogP contribution is 2.34. The lowest BCUT2D eigenvalue weighted by molar-refractivity contribution is -0.144. The van der Waals surface area contributed by atoms with Crippen molar-refractivity contribution in [1.82, 2.24) is 0 Å². The lowest BCUT2D eigenvalue weighted by Gasteiger charge is -2.06. The number of aromatic hydroxyl groups is 1. The number of esters is 1. The summed E-state index contributed by atoms with van der Waals surface area (Å²) in [5, 5.41) is 10.4. The molecule has 0 saturated carbocycles. The van der Waals surface area contributed by atoms with Gasteiger partial charge in [0.05, 0.1) is 22.4 Å². The first-order chi connectivity index (χ1) is 9.42. The van der Waals surface area contributed by atoms with Gasteiger partial charge in [0, 0.05) is 11.1 Å². The van der Waals surface area contributed by atoms with Crippen molar-refractivity contribution in [2.24, 2.45) is 5.92 Å². The summed E-state index contributed by atoms with van der Waals surface area (Å²) in [4.78, 5) is 24.1. The van der Waals surface area contributed by atoms with Gasteiger partial charge in [0.15, 0.2) is 5.78 Å². The molecular weight excluding hydrogens is 344 g/mol. The topological polar surface area (TPSA) is 63.6 Å². The first-order valence-corrected chi connectivity index (χ1v) is 7.56. The Morgan fingerprint density at radius 2 is 2.10 bits per heavy atom. The Morgan fingerprint density at radius 1 is 1.40 bits per heavy atom. The SMILES string of the molecule is COC(=O)[C@@H](C)CC(=O)c1cc2cc(O)c(Br)cc2s1. The molecule has 2 aromatic rings. The molecule has 0 bridgehead atoms. The van der Waals surface area contributed by atoms with Crippen LogP contribution in [-0.2, 0) is 9.53 Å². The fourth-order valence-corrected chi connectivity index (χ4v) is 3.38. The number of hydrogen-bond donors (Lipinski definition) is 1. The molecular formula is C14H13BrO4S. The second-order valence-corrected chi connectivity index (χ2v) is 6.44. The number of methoxy groups -OCH3 is 1. The van der Waals surface area contributed by atoms with E-state index in [2.05, 4.69) is 20.7 Å². The Balaban J connectivity index is 2.25. The highest BCUT2D eigenvalue weighted by atomic mass is 79.9. The number of phenols is 1. The normalized spacial score (nSPS) is 12.3. The number of fused-ring (bicyclic) bond motifs is 1. The van der Waals surface area contributed by atoms with E-state index >= 15 is 0 Å². The van der Waals surface area contributed by atoms with Crippen molar-refractivity contribution in [2.75, 3.05) is 7.11 Å². The van der Waals surface area contributed by atoms with Crippen molar-refractivity contribution >= 4 is 49.1 Å². The van der Waals surface area contributed by atoms with Crippen LogP contribution in [0.15, 0.2) is 22.7 Å². The second kappa shape index (κ2) is 5.93. The van der Waals surface area contributed by atoms with E-state index in [9.17, 15) is 14.7 Å². The number of phenolic OH excluding ortho intramolecular Hbond substituents is 1. The van der Waals surface area contributed by atoms with Gasteiger partial charge < -0.3 is 9.84 Å². The van der Waals surface area contributed by atoms with Gasteiger partial charge >= 0.3 is 5.97 Å². The standard InChI is InChI=1S/C14H13BrO4S/c1-7(14(18)19-2)3-11(17)13-5-8-4-10(16)9(15)6-12(8)20-13/h4-7,16H,3H2,1-2H3/t7-/m0/s1. The number of rotatable bonds is 4. The summed E-state index contributed by atoms with van der Waals surface area (Å²) < 4.78 is 6.11. The van der Waals surface area contributed by atoms with Crippen molar-refractivity contribution in [3.05, 3.63) is 27.5 Å². The monoisotopic (exact) mass is 356 g/mol. The molecule has 6 heteroatoms. The van der Waals surface area contributed by atoms with Crippen LogP contribution in [-0.4, -0.2) is 24.0 Å². The average Bonchev–Trinajstić information content (AvgIpc) is 2.81. The molecule has 0 aliphatic carbocycles. The van der Waals surface area contributed by atoms with E-state index in [-0.39, 0.29) is 23.9 Å². The molecule has 1 N–H and O–H groups in total. The number of ketones is 1. The number of thiophene rings is 1. The van der Waals surface area contributed by atoms with Gasteiger partial charge in [0.2, 0.25) is 0 Å². The third-order valence-corrected chi connectivity index (χ3v) is 4.73. The predicted octanol–water partition coefficient (Wildman–Crippen LogP) is 3.75. The van der Waals surface area contributed by atoms with E-state index in [1.54, 1.807) is 25.1 Å². The van der Waals surface area contributed by atoms with Crippen molar-refractivity contribution in [3.63, 3.8) is 0 Å². The zero-order chi connectivity index (χ0) is 14.9. The summed E-state index contributed by atoms with van der Waals surface area (Å²) >= 11 is 4.59. The molecule has 0 fully saturated rings. The number of benzene rings is 1. The third-order valence-electron chi connectivity index (χ3n) is 2.96. The molecule has 1 aromatic heterocycles. The van der Waals surface area contributed by atoms with Gasteiger partial charge in [0.25, 0.3) is 0 Å². The molecule has 0 unspecified atom stereocenters. The minimum absolute atomic E-state index is 0.0975. The number of hydrogen-bond acceptors (Lipinski definition) is 5. The Hall–Kier alpha value is -1.40. The van der Waals surface area contributed by atoms with Gasteiger partial charge in [-0.3, -0.25) is 9.59 Å². The summed E-state index contributed by atoms with van der Waals surface area (Å²) in [5.41, 5.74) is 0. The number of halogens is 1. The first kappa shape index (κ1) is 15.0. The Bertz CT molecular complexity index is 638. The molecule has 1 atom stereocenters. The summed E-state index contributed by atoms with van der Waals surface area (Å²) in [7, 11) is 1.31. The van der Waals surface area contributed by atoms with Crippen molar-refractivity contribution in [1.29, 1.82) is 0 Å². The van der Waals surface area contributed by atoms with Crippen molar-refractivity contribution < 1.29 is 19.4 Å². The lowest BCUT2D eigenvalue weighted by Crippen LogP contribution is -2.16. The van der Waals surface area contributed by atoms with Gasteiger partial charge in [-0.15, -0.1) is 11.3 Å². The van der Waals surface area contributed by atoms with Gasteiger partial charge in [-0.25, -0.2) is 0 Å². The molecule has 0 aliphatic rings. The van der Waals surface area contributed by atoms with Crippen LogP contribution in [0.1, 0.15) is 23.0 Å². The van der Waals surface area contributed by atoms with E-state index in [1.807, 2.05) is 0 Å². The van der Waals surface area contributed by atoms with Gasteiger partial charge in [0.1, 0.15) is 5.75 Å². The van der Waals surface area contributed by atoms with Crippen LogP contribution in [0.3, 0.4) is 0 Å². The highest BCUT2D eigenvalue weighted by Gasteiger charge is 2.20. The lowest BCUT2D eigenvalue weighted by atomic mass is 10.0. The van der Waals surface area contributed by atoms with Crippen LogP contribution in [0.4, 0.5) is 0 Å².